The minimum absolute atomic E-state index is 0.162. The number of hydrogen-bond donors (Lipinski definition) is 1. The standard InChI is InChI=1S/C28H34N3O3/c32-24-10-9-23(28(20-24)33-18-17-30-14-3-4-15-30)19-22-7-11-25(12-8-22)34-27-6-2-1-5-26(27)31-16-13-29-21-31/h7-8,10-13,16,20-21,26-27,32H,1-6,14-15,17-19H2. The number of aromatic nitrogens is 2. The van der Waals surface area contributed by atoms with Crippen LogP contribution in [-0.4, -0.2) is 51.9 Å². The van der Waals surface area contributed by atoms with Gasteiger partial charge in [0.15, 0.2) is 0 Å². The summed E-state index contributed by atoms with van der Waals surface area (Å²) in [5.74, 6) is 1.80. The Morgan fingerprint density at radius 3 is 2.68 bits per heavy atom. The number of likely N-dealkylation sites (tertiary alicyclic amines) is 1. The molecule has 1 radical (unpaired) electrons. The fourth-order valence-corrected chi connectivity index (χ4v) is 5.14. The fourth-order valence-electron chi connectivity index (χ4n) is 5.14. The Labute approximate surface area is 202 Å². The zero-order valence-corrected chi connectivity index (χ0v) is 19.7. The van der Waals surface area contributed by atoms with Crippen LogP contribution in [0.1, 0.15) is 55.7 Å². The van der Waals surface area contributed by atoms with Crippen molar-refractivity contribution in [2.24, 2.45) is 0 Å². The minimum Gasteiger partial charge on any atom is -0.508 e. The molecule has 2 atom stereocenters. The highest BCUT2D eigenvalue weighted by Gasteiger charge is 2.28. The van der Waals surface area contributed by atoms with E-state index < -0.39 is 0 Å². The molecule has 3 aromatic rings. The number of phenolic OH excluding ortho intramolecular Hbond substituents is 1. The fraction of sp³-hybridized carbons (Fsp3) is 0.464. The lowest BCUT2D eigenvalue weighted by Crippen LogP contribution is -2.32. The Bertz CT molecular complexity index is 1030. The zero-order valence-electron chi connectivity index (χ0n) is 19.7. The Morgan fingerprint density at radius 1 is 1.06 bits per heavy atom. The molecule has 1 saturated heterocycles. The molecule has 2 unspecified atom stereocenters. The summed E-state index contributed by atoms with van der Waals surface area (Å²) in [6, 6.07) is 15.2. The predicted octanol–water partition coefficient (Wildman–Crippen LogP) is 5.02. The van der Waals surface area contributed by atoms with E-state index in [0.717, 1.165) is 49.4 Å². The van der Waals surface area contributed by atoms with Crippen molar-refractivity contribution in [1.82, 2.24) is 14.5 Å². The highest BCUT2D eigenvalue weighted by Crippen LogP contribution is 2.32. The lowest BCUT2D eigenvalue weighted by molar-refractivity contribution is 0.0977. The van der Waals surface area contributed by atoms with E-state index in [4.69, 9.17) is 9.47 Å². The molecule has 0 amide bonds. The van der Waals surface area contributed by atoms with Crippen LogP contribution in [0.2, 0.25) is 0 Å². The average molecular weight is 461 g/mol. The monoisotopic (exact) mass is 460 g/mol. The van der Waals surface area contributed by atoms with E-state index in [-0.39, 0.29) is 11.9 Å². The molecule has 2 fully saturated rings. The highest BCUT2D eigenvalue weighted by atomic mass is 16.5. The first-order valence-corrected chi connectivity index (χ1v) is 12.6. The predicted molar refractivity (Wildman–Crippen MR) is 132 cm³/mol. The van der Waals surface area contributed by atoms with Crippen LogP contribution in [0.15, 0.2) is 55.1 Å². The van der Waals surface area contributed by atoms with Gasteiger partial charge in [-0.25, -0.2) is 4.98 Å². The number of phenols is 1. The first-order chi connectivity index (χ1) is 16.7. The van der Waals surface area contributed by atoms with Crippen molar-refractivity contribution in [3.05, 3.63) is 72.3 Å². The van der Waals surface area contributed by atoms with Gasteiger partial charge in [-0.05, 0) is 75.0 Å². The van der Waals surface area contributed by atoms with Crippen LogP contribution in [0, 0.1) is 6.07 Å². The van der Waals surface area contributed by atoms with E-state index in [2.05, 4.69) is 44.8 Å². The number of rotatable bonds is 9. The summed E-state index contributed by atoms with van der Waals surface area (Å²) in [6.07, 6.45) is 13.8. The molecule has 6 nitrogen and oxygen atoms in total. The molecule has 2 aliphatic rings. The van der Waals surface area contributed by atoms with Gasteiger partial charge in [0, 0.05) is 37.0 Å². The van der Waals surface area contributed by atoms with Crippen molar-refractivity contribution < 1.29 is 14.6 Å². The second kappa shape index (κ2) is 11.0. The van der Waals surface area contributed by atoms with Crippen molar-refractivity contribution in [3.63, 3.8) is 0 Å². The van der Waals surface area contributed by atoms with Crippen LogP contribution in [0.3, 0.4) is 0 Å². The number of nitrogens with zero attached hydrogens (tertiary/aromatic N) is 3. The summed E-state index contributed by atoms with van der Waals surface area (Å²) in [5.41, 5.74) is 2.12. The maximum atomic E-state index is 9.95. The van der Waals surface area contributed by atoms with Crippen LogP contribution in [0.5, 0.6) is 17.2 Å². The van der Waals surface area contributed by atoms with Gasteiger partial charge in [0.1, 0.15) is 30.0 Å². The van der Waals surface area contributed by atoms with Crippen LogP contribution in [-0.2, 0) is 6.42 Å². The van der Waals surface area contributed by atoms with Gasteiger partial charge in [-0.1, -0.05) is 18.6 Å². The highest BCUT2D eigenvalue weighted by molar-refractivity contribution is 5.42. The summed E-state index contributed by atoms with van der Waals surface area (Å²) in [4.78, 5) is 6.64. The van der Waals surface area contributed by atoms with Gasteiger partial charge in [-0.15, -0.1) is 0 Å². The van der Waals surface area contributed by atoms with Gasteiger partial charge in [-0.3, -0.25) is 4.90 Å². The molecule has 1 aromatic heterocycles. The number of aromatic hydroxyl groups is 1. The molecule has 1 aliphatic heterocycles. The number of ether oxygens (including phenoxy) is 2. The van der Waals surface area contributed by atoms with Gasteiger partial charge in [0.05, 0.1) is 12.4 Å². The number of imidazole rings is 1. The first-order valence-electron chi connectivity index (χ1n) is 12.6. The number of benzene rings is 2. The van der Waals surface area contributed by atoms with Gasteiger partial charge < -0.3 is 19.1 Å². The lowest BCUT2D eigenvalue weighted by atomic mass is 9.92. The summed E-state index contributed by atoms with van der Waals surface area (Å²) >= 11 is 0. The normalized spacial score (nSPS) is 20.9. The molecule has 5 rings (SSSR count). The largest absolute Gasteiger partial charge is 0.508 e. The van der Waals surface area contributed by atoms with Crippen LogP contribution in [0.4, 0.5) is 0 Å². The van der Waals surface area contributed by atoms with Crippen molar-refractivity contribution >= 4 is 0 Å². The van der Waals surface area contributed by atoms with Gasteiger partial charge in [0.2, 0.25) is 0 Å². The van der Waals surface area contributed by atoms with E-state index in [1.165, 1.54) is 25.7 Å². The van der Waals surface area contributed by atoms with E-state index in [9.17, 15) is 5.11 Å². The second-order valence-corrected chi connectivity index (χ2v) is 9.44. The van der Waals surface area contributed by atoms with Crippen molar-refractivity contribution in [2.75, 3.05) is 26.2 Å². The van der Waals surface area contributed by atoms with E-state index >= 15 is 0 Å². The minimum atomic E-state index is 0.162. The van der Waals surface area contributed by atoms with E-state index in [0.29, 0.717) is 24.8 Å². The zero-order chi connectivity index (χ0) is 23.2. The molecule has 0 spiro atoms. The topological polar surface area (TPSA) is 59.8 Å². The number of hydrogen-bond acceptors (Lipinski definition) is 5. The lowest BCUT2D eigenvalue weighted by Gasteiger charge is -2.32. The molecule has 1 aliphatic carbocycles. The van der Waals surface area contributed by atoms with Crippen LogP contribution in [0.25, 0.3) is 0 Å². The third kappa shape index (κ3) is 5.73. The Kier molecular flexibility index (Phi) is 7.34. The molecule has 179 valence electrons. The van der Waals surface area contributed by atoms with Crippen molar-refractivity contribution in [3.8, 4) is 17.2 Å². The SMILES string of the molecule is Oc1c[c]c(Cc2ccc(OC3CCCCC3n3ccnc3)cc2)c(OCCN2CCCC2)c1. The molecule has 1 saturated carbocycles. The van der Waals surface area contributed by atoms with Crippen LogP contribution < -0.4 is 9.47 Å². The van der Waals surface area contributed by atoms with Gasteiger partial charge >= 0.3 is 0 Å². The molecule has 0 bridgehead atoms. The summed E-state index contributed by atoms with van der Waals surface area (Å²) < 4.78 is 14.7. The van der Waals surface area contributed by atoms with E-state index in [1.807, 2.05) is 18.7 Å². The maximum absolute atomic E-state index is 9.95. The third-order valence-electron chi connectivity index (χ3n) is 7.00. The quantitative estimate of drug-likeness (QED) is 0.486. The summed E-state index contributed by atoms with van der Waals surface area (Å²) in [6.45, 7) is 3.85. The Balaban J connectivity index is 1.21. The second-order valence-electron chi connectivity index (χ2n) is 9.44. The molecule has 1 N–H and O–H groups in total. The summed E-state index contributed by atoms with van der Waals surface area (Å²) in [7, 11) is 0. The molecule has 6 heteroatoms. The smallest absolute Gasteiger partial charge is 0.127 e. The average Bonchev–Trinajstić information content (AvgIpc) is 3.57. The molecular formula is C28H34N3O3. The Morgan fingerprint density at radius 2 is 1.88 bits per heavy atom. The van der Waals surface area contributed by atoms with Crippen molar-refractivity contribution in [1.29, 1.82) is 0 Å². The first kappa shape index (κ1) is 22.8. The molecule has 2 heterocycles. The van der Waals surface area contributed by atoms with Crippen molar-refractivity contribution in [2.45, 2.75) is 57.1 Å². The molecular weight excluding hydrogens is 426 g/mol. The van der Waals surface area contributed by atoms with Gasteiger partial charge in [0.25, 0.3) is 0 Å². The Hall–Kier alpha value is -2.99. The summed E-state index contributed by atoms with van der Waals surface area (Å²) in [5, 5.41) is 9.95. The maximum Gasteiger partial charge on any atom is 0.127 e. The molecule has 2 aromatic carbocycles. The van der Waals surface area contributed by atoms with E-state index in [1.54, 1.807) is 12.1 Å². The third-order valence-corrected chi connectivity index (χ3v) is 7.00. The van der Waals surface area contributed by atoms with Crippen LogP contribution >= 0.6 is 0 Å². The molecule has 34 heavy (non-hydrogen) atoms. The van der Waals surface area contributed by atoms with Gasteiger partial charge in [-0.2, -0.15) is 0 Å².